The molecule has 6 heteroatoms. The van der Waals surface area contributed by atoms with Crippen molar-refractivity contribution in [2.75, 3.05) is 32.8 Å². The van der Waals surface area contributed by atoms with Crippen molar-refractivity contribution in [1.82, 2.24) is 19.1 Å². The molecule has 25 heavy (non-hydrogen) atoms. The molecule has 1 fully saturated rings. The highest BCUT2D eigenvalue weighted by Gasteiger charge is 2.18. The van der Waals surface area contributed by atoms with Crippen LogP contribution in [0.2, 0.25) is 0 Å². The average molecular weight is 340 g/mol. The number of morpholine rings is 1. The van der Waals surface area contributed by atoms with E-state index >= 15 is 0 Å². The molecule has 3 aromatic heterocycles. The summed E-state index contributed by atoms with van der Waals surface area (Å²) in [5.74, 6) is 0. The lowest BCUT2D eigenvalue weighted by Gasteiger charge is -2.26. The van der Waals surface area contributed by atoms with Gasteiger partial charge in [0.1, 0.15) is 5.69 Å². The molecule has 0 amide bonds. The summed E-state index contributed by atoms with van der Waals surface area (Å²) in [6.45, 7) is 7.24. The molecule has 1 N–H and O–H groups in total. The molecular formula is C19H24N4O2. The van der Waals surface area contributed by atoms with E-state index in [1.807, 2.05) is 47.4 Å². The van der Waals surface area contributed by atoms with Gasteiger partial charge >= 0.3 is 0 Å². The molecule has 0 saturated carbocycles. The average Bonchev–Trinajstić information content (AvgIpc) is 3.25. The predicted molar refractivity (Wildman–Crippen MR) is 96.5 cm³/mol. The van der Waals surface area contributed by atoms with Crippen LogP contribution in [-0.2, 0) is 11.3 Å². The van der Waals surface area contributed by atoms with Gasteiger partial charge in [-0.15, -0.1) is 0 Å². The highest BCUT2D eigenvalue weighted by atomic mass is 16.5. The van der Waals surface area contributed by atoms with Crippen LogP contribution in [0.3, 0.4) is 0 Å². The van der Waals surface area contributed by atoms with Crippen molar-refractivity contribution in [1.29, 1.82) is 0 Å². The Morgan fingerprint density at radius 3 is 2.80 bits per heavy atom. The van der Waals surface area contributed by atoms with Crippen LogP contribution < -0.4 is 0 Å². The third-order valence-corrected chi connectivity index (χ3v) is 4.79. The number of hydrogen-bond acceptors (Lipinski definition) is 4. The second kappa shape index (κ2) is 7.00. The SMILES string of the molecule is CC(O)c1cc2ccccn2c1-c1ccn(CCN2CCOCC2)n1. The van der Waals surface area contributed by atoms with Gasteiger partial charge in [0.15, 0.2) is 0 Å². The lowest BCUT2D eigenvalue weighted by atomic mass is 10.1. The molecular weight excluding hydrogens is 316 g/mol. The first-order chi connectivity index (χ1) is 12.2. The van der Waals surface area contributed by atoms with Crippen molar-refractivity contribution in [2.45, 2.75) is 19.6 Å². The van der Waals surface area contributed by atoms with Gasteiger partial charge in [-0.25, -0.2) is 0 Å². The van der Waals surface area contributed by atoms with Crippen LogP contribution in [0.5, 0.6) is 0 Å². The summed E-state index contributed by atoms with van der Waals surface area (Å²) >= 11 is 0. The summed E-state index contributed by atoms with van der Waals surface area (Å²) in [5.41, 5.74) is 3.83. The summed E-state index contributed by atoms with van der Waals surface area (Å²) in [7, 11) is 0. The summed E-state index contributed by atoms with van der Waals surface area (Å²) in [6, 6.07) is 10.1. The minimum Gasteiger partial charge on any atom is -0.389 e. The quantitative estimate of drug-likeness (QED) is 0.774. The van der Waals surface area contributed by atoms with Gasteiger partial charge in [-0.2, -0.15) is 5.10 Å². The number of aliphatic hydroxyl groups is 1. The van der Waals surface area contributed by atoms with Crippen molar-refractivity contribution < 1.29 is 9.84 Å². The third-order valence-electron chi connectivity index (χ3n) is 4.79. The number of nitrogens with zero attached hydrogens (tertiary/aromatic N) is 4. The number of aliphatic hydroxyl groups excluding tert-OH is 1. The number of pyridine rings is 1. The van der Waals surface area contributed by atoms with Crippen molar-refractivity contribution in [3.8, 4) is 11.4 Å². The van der Waals surface area contributed by atoms with Crippen LogP contribution in [0.15, 0.2) is 42.7 Å². The maximum atomic E-state index is 10.2. The minimum absolute atomic E-state index is 0.534. The lowest BCUT2D eigenvalue weighted by molar-refractivity contribution is 0.0360. The smallest absolute Gasteiger partial charge is 0.109 e. The van der Waals surface area contributed by atoms with Gasteiger partial charge in [-0.1, -0.05) is 6.07 Å². The Labute approximate surface area is 147 Å². The van der Waals surface area contributed by atoms with Crippen LogP contribution >= 0.6 is 0 Å². The van der Waals surface area contributed by atoms with Gasteiger partial charge < -0.3 is 14.2 Å². The number of ether oxygens (including phenoxy) is 1. The van der Waals surface area contributed by atoms with E-state index in [0.717, 1.165) is 61.9 Å². The summed E-state index contributed by atoms with van der Waals surface area (Å²) < 4.78 is 9.47. The van der Waals surface area contributed by atoms with Gasteiger partial charge in [0.25, 0.3) is 0 Å². The van der Waals surface area contributed by atoms with E-state index in [0.29, 0.717) is 0 Å². The fraction of sp³-hybridized carbons (Fsp3) is 0.421. The van der Waals surface area contributed by atoms with Crippen molar-refractivity contribution >= 4 is 5.52 Å². The molecule has 1 aliphatic rings. The molecule has 0 spiro atoms. The van der Waals surface area contributed by atoms with Crippen LogP contribution in [0.4, 0.5) is 0 Å². The Kier molecular flexibility index (Phi) is 4.57. The standard InChI is InChI=1S/C19H24N4O2/c1-15(24)17-14-16-4-2-3-6-23(16)19(17)18-5-7-22(20-18)9-8-21-10-12-25-13-11-21/h2-7,14-15,24H,8-13H2,1H3. The highest BCUT2D eigenvalue weighted by molar-refractivity contribution is 5.69. The fourth-order valence-electron chi connectivity index (χ4n) is 3.42. The Hall–Kier alpha value is -2.15. The topological polar surface area (TPSA) is 54.9 Å². The summed E-state index contributed by atoms with van der Waals surface area (Å²) in [6.07, 6.45) is 3.50. The number of aromatic nitrogens is 3. The molecule has 1 unspecified atom stereocenters. The van der Waals surface area contributed by atoms with E-state index in [4.69, 9.17) is 9.84 Å². The highest BCUT2D eigenvalue weighted by Crippen LogP contribution is 2.30. The zero-order valence-corrected chi connectivity index (χ0v) is 14.5. The van der Waals surface area contributed by atoms with Crippen molar-refractivity contribution in [3.63, 3.8) is 0 Å². The molecule has 132 valence electrons. The molecule has 3 aromatic rings. The van der Waals surface area contributed by atoms with Gasteiger partial charge in [-0.05, 0) is 31.2 Å². The van der Waals surface area contributed by atoms with Gasteiger partial charge in [0.05, 0.1) is 31.6 Å². The lowest BCUT2D eigenvalue weighted by Crippen LogP contribution is -2.38. The maximum absolute atomic E-state index is 10.2. The Bertz CT molecular complexity index is 846. The zero-order valence-electron chi connectivity index (χ0n) is 14.5. The molecule has 0 radical (unpaired) electrons. The monoisotopic (exact) mass is 340 g/mol. The minimum atomic E-state index is -0.534. The van der Waals surface area contributed by atoms with E-state index < -0.39 is 6.10 Å². The molecule has 0 aromatic carbocycles. The van der Waals surface area contributed by atoms with Gasteiger partial charge in [0.2, 0.25) is 0 Å². The molecule has 0 bridgehead atoms. The molecule has 6 nitrogen and oxygen atoms in total. The Morgan fingerprint density at radius 2 is 2.00 bits per heavy atom. The predicted octanol–water partition coefficient (Wildman–Crippen LogP) is 2.19. The summed E-state index contributed by atoms with van der Waals surface area (Å²) in [4.78, 5) is 2.40. The largest absolute Gasteiger partial charge is 0.389 e. The molecule has 0 aliphatic carbocycles. The fourth-order valence-corrected chi connectivity index (χ4v) is 3.42. The number of fused-ring (bicyclic) bond motifs is 1. The third kappa shape index (κ3) is 3.33. The molecule has 1 saturated heterocycles. The first-order valence-corrected chi connectivity index (χ1v) is 8.84. The normalized spacial score (nSPS) is 17.2. The van der Waals surface area contributed by atoms with E-state index in [9.17, 15) is 5.11 Å². The molecule has 4 rings (SSSR count). The van der Waals surface area contributed by atoms with Crippen LogP contribution in [0.25, 0.3) is 16.9 Å². The second-order valence-corrected chi connectivity index (χ2v) is 6.54. The van der Waals surface area contributed by atoms with Crippen molar-refractivity contribution in [2.24, 2.45) is 0 Å². The Morgan fingerprint density at radius 1 is 1.16 bits per heavy atom. The zero-order chi connectivity index (χ0) is 17.2. The first kappa shape index (κ1) is 16.3. The van der Waals surface area contributed by atoms with Crippen LogP contribution in [0.1, 0.15) is 18.6 Å². The number of rotatable bonds is 5. The van der Waals surface area contributed by atoms with Crippen LogP contribution in [-0.4, -0.2) is 57.0 Å². The molecule has 1 aliphatic heterocycles. The first-order valence-electron chi connectivity index (χ1n) is 8.84. The van der Waals surface area contributed by atoms with E-state index in [2.05, 4.69) is 9.30 Å². The maximum Gasteiger partial charge on any atom is 0.109 e. The molecule has 4 heterocycles. The van der Waals surface area contributed by atoms with Crippen molar-refractivity contribution in [3.05, 3.63) is 48.3 Å². The van der Waals surface area contributed by atoms with Gasteiger partial charge in [-0.3, -0.25) is 9.58 Å². The second-order valence-electron chi connectivity index (χ2n) is 6.54. The van der Waals surface area contributed by atoms with E-state index in [1.54, 1.807) is 6.92 Å². The van der Waals surface area contributed by atoms with Gasteiger partial charge in [0, 0.05) is 43.1 Å². The van der Waals surface area contributed by atoms with Crippen LogP contribution in [0, 0.1) is 0 Å². The molecule has 1 atom stereocenters. The van der Waals surface area contributed by atoms with E-state index in [-0.39, 0.29) is 0 Å². The number of hydrogen-bond donors (Lipinski definition) is 1. The summed E-state index contributed by atoms with van der Waals surface area (Å²) in [5, 5.41) is 14.9. The Balaban J connectivity index is 1.59. The van der Waals surface area contributed by atoms with E-state index in [1.165, 1.54) is 0 Å².